The fraction of sp³-hybridized carbons (Fsp3) is 0.0588. The number of rotatable bonds is 5. The summed E-state index contributed by atoms with van der Waals surface area (Å²) in [4.78, 5) is 31.4. The molecule has 0 unspecified atom stereocenters. The molecule has 0 aliphatic heterocycles. The zero-order chi connectivity index (χ0) is 18.7. The number of carboxylic acids is 1. The van der Waals surface area contributed by atoms with Gasteiger partial charge in [-0.05, 0) is 24.3 Å². The topological polar surface area (TPSA) is 131 Å². The largest absolute Gasteiger partial charge is 0.477 e. The maximum absolute atomic E-state index is 13.7. The Labute approximate surface area is 146 Å². The Bertz CT molecular complexity index is 1010. The number of aromatic nitrogens is 2. The first-order valence-corrected chi connectivity index (χ1v) is 7.43. The van der Waals surface area contributed by atoms with Crippen molar-refractivity contribution in [1.29, 1.82) is 0 Å². The van der Waals surface area contributed by atoms with Gasteiger partial charge in [0.05, 0.1) is 12.1 Å². The van der Waals surface area contributed by atoms with Crippen LogP contribution in [0.1, 0.15) is 21.9 Å². The van der Waals surface area contributed by atoms with Gasteiger partial charge in [0.15, 0.2) is 11.4 Å². The summed E-state index contributed by atoms with van der Waals surface area (Å²) >= 11 is 0. The molecule has 3 aromatic rings. The summed E-state index contributed by atoms with van der Waals surface area (Å²) < 4.78 is 19.1. The minimum Gasteiger partial charge on any atom is -0.477 e. The zero-order valence-corrected chi connectivity index (χ0v) is 13.3. The molecule has 0 spiro atoms. The molecular weight excluding hydrogens is 343 g/mol. The lowest BCUT2D eigenvalue weighted by Crippen LogP contribution is -2.25. The van der Waals surface area contributed by atoms with Gasteiger partial charge in [0.2, 0.25) is 0 Å². The number of furan rings is 1. The molecule has 0 aliphatic carbocycles. The molecule has 0 saturated heterocycles. The molecule has 1 amide bonds. The van der Waals surface area contributed by atoms with E-state index in [1.165, 1.54) is 24.5 Å². The molecule has 0 saturated carbocycles. The SMILES string of the molecule is N/C=C(/C(=O)NCc1cc2ccc(F)c(C(=O)O)c2o1)c1ncccn1. The number of hydrogen-bond acceptors (Lipinski definition) is 6. The highest BCUT2D eigenvalue weighted by Gasteiger charge is 2.19. The highest BCUT2D eigenvalue weighted by atomic mass is 19.1. The number of carbonyl (C=O) groups is 2. The zero-order valence-electron chi connectivity index (χ0n) is 13.3. The van der Waals surface area contributed by atoms with E-state index in [1.54, 1.807) is 6.07 Å². The third-order valence-corrected chi connectivity index (χ3v) is 3.54. The quantitative estimate of drug-likeness (QED) is 0.593. The predicted octanol–water partition coefficient (Wildman–Crippen LogP) is 1.68. The summed E-state index contributed by atoms with van der Waals surface area (Å²) in [6, 6.07) is 5.57. The van der Waals surface area contributed by atoms with Gasteiger partial charge in [0, 0.05) is 24.0 Å². The number of nitrogens with two attached hydrogens (primary N) is 1. The summed E-state index contributed by atoms with van der Waals surface area (Å²) in [7, 11) is 0. The summed E-state index contributed by atoms with van der Waals surface area (Å²) in [6.07, 6.45) is 4.03. The molecule has 2 aromatic heterocycles. The molecule has 0 fully saturated rings. The van der Waals surface area contributed by atoms with E-state index in [4.69, 9.17) is 15.3 Å². The van der Waals surface area contributed by atoms with Crippen molar-refractivity contribution in [3.63, 3.8) is 0 Å². The average Bonchev–Trinajstić information content (AvgIpc) is 3.04. The summed E-state index contributed by atoms with van der Waals surface area (Å²) in [5, 5.41) is 12.1. The van der Waals surface area contributed by atoms with Crippen LogP contribution in [0.3, 0.4) is 0 Å². The van der Waals surface area contributed by atoms with Crippen molar-refractivity contribution >= 4 is 28.4 Å². The highest BCUT2D eigenvalue weighted by Crippen LogP contribution is 2.25. The van der Waals surface area contributed by atoms with E-state index in [0.29, 0.717) is 5.39 Å². The Hall–Kier alpha value is -3.75. The van der Waals surface area contributed by atoms with Gasteiger partial charge in [-0.3, -0.25) is 4.79 Å². The van der Waals surface area contributed by atoms with Crippen molar-refractivity contribution in [3.8, 4) is 0 Å². The minimum atomic E-state index is -1.44. The normalized spacial score (nSPS) is 11.5. The van der Waals surface area contributed by atoms with Crippen molar-refractivity contribution in [3.05, 3.63) is 65.8 Å². The van der Waals surface area contributed by atoms with Crippen LogP contribution < -0.4 is 11.1 Å². The molecule has 3 rings (SSSR count). The fourth-order valence-corrected chi connectivity index (χ4v) is 2.37. The van der Waals surface area contributed by atoms with E-state index < -0.39 is 23.3 Å². The standard InChI is InChI=1S/C17H13FN4O4/c18-12-3-2-9-6-10(26-14(9)13(12)17(24)25)8-22-16(23)11(7-19)15-20-4-1-5-21-15/h1-7H,8,19H2,(H,22,23)(H,24,25)/b11-7+. The number of carbonyl (C=O) groups excluding carboxylic acids is 1. The number of carboxylic acid groups (broad SMARTS) is 1. The average molecular weight is 356 g/mol. The summed E-state index contributed by atoms with van der Waals surface area (Å²) in [5.74, 6) is -2.46. The molecule has 1 aromatic carbocycles. The molecule has 0 aliphatic rings. The minimum absolute atomic E-state index is 0.0572. The molecular formula is C17H13FN4O4. The molecule has 26 heavy (non-hydrogen) atoms. The molecule has 8 nitrogen and oxygen atoms in total. The lowest BCUT2D eigenvalue weighted by Gasteiger charge is -2.05. The second-order valence-electron chi connectivity index (χ2n) is 5.19. The van der Waals surface area contributed by atoms with Gasteiger partial charge in [-0.1, -0.05) is 0 Å². The Kier molecular flexibility index (Phi) is 4.61. The van der Waals surface area contributed by atoms with Crippen LogP contribution in [0.4, 0.5) is 4.39 Å². The van der Waals surface area contributed by atoms with Crippen molar-refractivity contribution in [2.45, 2.75) is 6.54 Å². The summed E-state index contributed by atoms with van der Waals surface area (Å²) in [5.41, 5.74) is 4.89. The van der Waals surface area contributed by atoms with Gasteiger partial charge < -0.3 is 20.6 Å². The van der Waals surface area contributed by atoms with Crippen LogP contribution in [0.25, 0.3) is 16.5 Å². The highest BCUT2D eigenvalue weighted by molar-refractivity contribution is 6.18. The predicted molar refractivity (Wildman–Crippen MR) is 89.2 cm³/mol. The van der Waals surface area contributed by atoms with E-state index in [1.807, 2.05) is 0 Å². The van der Waals surface area contributed by atoms with Gasteiger partial charge in [-0.2, -0.15) is 0 Å². The summed E-state index contributed by atoms with van der Waals surface area (Å²) in [6.45, 7) is -0.0572. The fourth-order valence-electron chi connectivity index (χ4n) is 2.37. The first kappa shape index (κ1) is 17.1. The molecule has 2 heterocycles. The van der Waals surface area contributed by atoms with Gasteiger partial charge in [0.1, 0.15) is 17.1 Å². The van der Waals surface area contributed by atoms with Crippen LogP contribution in [0.5, 0.6) is 0 Å². The Morgan fingerprint density at radius 3 is 2.69 bits per heavy atom. The van der Waals surface area contributed by atoms with Gasteiger partial charge >= 0.3 is 5.97 Å². The van der Waals surface area contributed by atoms with Crippen LogP contribution in [-0.2, 0) is 11.3 Å². The number of nitrogens with one attached hydrogen (secondary N) is 1. The lowest BCUT2D eigenvalue weighted by molar-refractivity contribution is -0.115. The van der Waals surface area contributed by atoms with Crippen LogP contribution in [0, 0.1) is 5.82 Å². The molecule has 0 atom stereocenters. The van der Waals surface area contributed by atoms with E-state index in [-0.39, 0.29) is 29.3 Å². The van der Waals surface area contributed by atoms with Gasteiger partial charge in [0.25, 0.3) is 5.91 Å². The second-order valence-corrected chi connectivity index (χ2v) is 5.19. The van der Waals surface area contributed by atoms with Crippen LogP contribution in [-0.4, -0.2) is 27.0 Å². The molecule has 9 heteroatoms. The van der Waals surface area contributed by atoms with Crippen molar-refractivity contribution < 1.29 is 23.5 Å². The molecule has 0 radical (unpaired) electrons. The van der Waals surface area contributed by atoms with E-state index in [2.05, 4.69) is 15.3 Å². The van der Waals surface area contributed by atoms with E-state index in [0.717, 1.165) is 12.3 Å². The van der Waals surface area contributed by atoms with Crippen LogP contribution in [0.2, 0.25) is 0 Å². The monoisotopic (exact) mass is 356 g/mol. The van der Waals surface area contributed by atoms with Gasteiger partial charge in [-0.15, -0.1) is 0 Å². The number of amides is 1. The number of benzene rings is 1. The van der Waals surface area contributed by atoms with Gasteiger partial charge in [-0.25, -0.2) is 19.2 Å². The van der Waals surface area contributed by atoms with Crippen LogP contribution >= 0.6 is 0 Å². The Morgan fingerprint density at radius 2 is 2.04 bits per heavy atom. The number of fused-ring (bicyclic) bond motifs is 1. The van der Waals surface area contributed by atoms with Crippen molar-refractivity contribution in [2.75, 3.05) is 0 Å². The molecule has 132 valence electrons. The van der Waals surface area contributed by atoms with Crippen molar-refractivity contribution in [2.24, 2.45) is 5.73 Å². The Morgan fingerprint density at radius 1 is 1.31 bits per heavy atom. The number of aromatic carboxylic acids is 1. The number of hydrogen-bond donors (Lipinski definition) is 3. The Balaban J connectivity index is 1.81. The molecule has 4 N–H and O–H groups in total. The second kappa shape index (κ2) is 7.01. The van der Waals surface area contributed by atoms with E-state index >= 15 is 0 Å². The third kappa shape index (κ3) is 3.22. The lowest BCUT2D eigenvalue weighted by atomic mass is 10.1. The third-order valence-electron chi connectivity index (χ3n) is 3.54. The van der Waals surface area contributed by atoms with Crippen molar-refractivity contribution in [1.82, 2.24) is 15.3 Å². The number of nitrogens with zero attached hydrogens (tertiary/aromatic N) is 2. The maximum atomic E-state index is 13.7. The van der Waals surface area contributed by atoms with E-state index in [9.17, 15) is 14.0 Å². The first-order chi connectivity index (χ1) is 12.5. The maximum Gasteiger partial charge on any atom is 0.342 e. The number of halogens is 1. The molecule has 0 bridgehead atoms. The smallest absolute Gasteiger partial charge is 0.342 e. The first-order valence-electron chi connectivity index (χ1n) is 7.43. The van der Waals surface area contributed by atoms with Crippen LogP contribution in [0.15, 0.2) is 47.3 Å².